The molecule has 1 saturated carbocycles. The van der Waals surface area contributed by atoms with Crippen LogP contribution in [-0.2, 0) is 4.79 Å². The number of rotatable bonds is 3. The number of amides is 1. The molecule has 1 aromatic rings. The summed E-state index contributed by atoms with van der Waals surface area (Å²) in [5, 5.41) is 9.10. The van der Waals surface area contributed by atoms with Gasteiger partial charge >= 0.3 is 0 Å². The fourth-order valence-corrected chi connectivity index (χ4v) is 1.65. The van der Waals surface area contributed by atoms with Crippen molar-refractivity contribution in [3.63, 3.8) is 0 Å². The Labute approximate surface area is 82.1 Å². The van der Waals surface area contributed by atoms with Crippen molar-refractivity contribution in [3.8, 4) is 0 Å². The molecule has 76 valence electrons. The van der Waals surface area contributed by atoms with Gasteiger partial charge in [-0.25, -0.2) is 0 Å². The Morgan fingerprint density at radius 2 is 2.50 bits per heavy atom. The van der Waals surface area contributed by atoms with Gasteiger partial charge in [0.25, 0.3) is 0 Å². The summed E-state index contributed by atoms with van der Waals surface area (Å²) in [6, 6.07) is 0. The van der Waals surface area contributed by atoms with Gasteiger partial charge in [0.2, 0.25) is 5.91 Å². The topological polar surface area (TPSA) is 83.8 Å². The van der Waals surface area contributed by atoms with Gasteiger partial charge in [0.15, 0.2) is 0 Å². The van der Waals surface area contributed by atoms with Crippen LogP contribution in [0.2, 0.25) is 0 Å². The molecule has 1 fully saturated rings. The molecular weight excluding hydrogens is 180 g/mol. The molecule has 0 spiro atoms. The van der Waals surface area contributed by atoms with Gasteiger partial charge in [-0.2, -0.15) is 5.10 Å². The van der Waals surface area contributed by atoms with Crippen LogP contribution < -0.4 is 11.1 Å². The summed E-state index contributed by atoms with van der Waals surface area (Å²) in [4.78, 5) is 11.5. The van der Waals surface area contributed by atoms with Gasteiger partial charge in [-0.3, -0.25) is 9.89 Å². The number of hydrogen-bond acceptors (Lipinski definition) is 3. The first kappa shape index (κ1) is 9.21. The average molecular weight is 194 g/mol. The second-order valence-corrected chi connectivity index (χ2v) is 3.93. The maximum Gasteiger partial charge on any atom is 0.226 e. The van der Waals surface area contributed by atoms with E-state index >= 15 is 0 Å². The van der Waals surface area contributed by atoms with Gasteiger partial charge in [0, 0.05) is 18.2 Å². The first-order valence-electron chi connectivity index (χ1n) is 4.75. The molecule has 0 bridgehead atoms. The standard InChI is InChI=1S/C9H14N4O/c10-9(2-1-3-9)4-8(14)13-7-5-11-12-6-7/h5-6H,1-4,10H2,(H,11,12)(H,13,14). The Bertz CT molecular complexity index is 316. The van der Waals surface area contributed by atoms with Crippen molar-refractivity contribution in [2.45, 2.75) is 31.2 Å². The molecule has 0 saturated heterocycles. The Morgan fingerprint density at radius 3 is 3.00 bits per heavy atom. The van der Waals surface area contributed by atoms with Crippen LogP contribution in [0.15, 0.2) is 12.4 Å². The summed E-state index contributed by atoms with van der Waals surface area (Å²) in [6.45, 7) is 0. The van der Waals surface area contributed by atoms with Crippen molar-refractivity contribution >= 4 is 11.6 Å². The molecule has 14 heavy (non-hydrogen) atoms. The lowest BCUT2D eigenvalue weighted by atomic mass is 9.75. The number of carbonyl (C=O) groups is 1. The molecule has 0 radical (unpaired) electrons. The summed E-state index contributed by atoms with van der Waals surface area (Å²) in [6.07, 6.45) is 6.65. The van der Waals surface area contributed by atoms with E-state index in [1.54, 1.807) is 12.4 Å². The lowest BCUT2D eigenvalue weighted by Crippen LogP contribution is -2.48. The monoisotopic (exact) mass is 194 g/mol. The number of nitrogens with zero attached hydrogens (tertiary/aromatic N) is 1. The van der Waals surface area contributed by atoms with Crippen LogP contribution in [0.3, 0.4) is 0 Å². The number of carbonyl (C=O) groups excluding carboxylic acids is 1. The zero-order valence-corrected chi connectivity index (χ0v) is 7.92. The lowest BCUT2D eigenvalue weighted by molar-refractivity contribution is -0.118. The van der Waals surface area contributed by atoms with Gasteiger partial charge in [-0.05, 0) is 19.3 Å². The number of aromatic amines is 1. The van der Waals surface area contributed by atoms with Crippen molar-refractivity contribution in [1.29, 1.82) is 0 Å². The number of nitrogens with two attached hydrogens (primary N) is 1. The van der Waals surface area contributed by atoms with E-state index in [-0.39, 0.29) is 11.4 Å². The summed E-state index contributed by atoms with van der Waals surface area (Å²) < 4.78 is 0. The molecule has 1 aliphatic rings. The molecule has 5 heteroatoms. The van der Waals surface area contributed by atoms with Crippen molar-refractivity contribution in [3.05, 3.63) is 12.4 Å². The maximum absolute atomic E-state index is 11.5. The predicted octanol–water partition coefficient (Wildman–Crippen LogP) is 0.620. The zero-order valence-electron chi connectivity index (χ0n) is 7.92. The van der Waals surface area contributed by atoms with E-state index in [2.05, 4.69) is 15.5 Å². The van der Waals surface area contributed by atoms with E-state index in [4.69, 9.17) is 5.73 Å². The molecule has 0 unspecified atom stereocenters. The van der Waals surface area contributed by atoms with Gasteiger partial charge in [0.1, 0.15) is 0 Å². The van der Waals surface area contributed by atoms with Crippen LogP contribution >= 0.6 is 0 Å². The Hall–Kier alpha value is -1.36. The lowest BCUT2D eigenvalue weighted by Gasteiger charge is -2.37. The normalized spacial score (nSPS) is 18.6. The number of nitrogens with one attached hydrogen (secondary N) is 2. The van der Waals surface area contributed by atoms with Crippen LogP contribution in [0.4, 0.5) is 5.69 Å². The highest BCUT2D eigenvalue weighted by molar-refractivity contribution is 5.91. The highest BCUT2D eigenvalue weighted by Crippen LogP contribution is 2.32. The van der Waals surface area contributed by atoms with E-state index < -0.39 is 0 Å². The Morgan fingerprint density at radius 1 is 1.71 bits per heavy atom. The smallest absolute Gasteiger partial charge is 0.226 e. The SMILES string of the molecule is NC1(CC(=O)Nc2cn[nH]c2)CCC1. The third kappa shape index (κ3) is 1.93. The number of anilines is 1. The second kappa shape index (κ2) is 3.42. The van der Waals surface area contributed by atoms with Gasteiger partial charge in [-0.1, -0.05) is 0 Å². The quantitative estimate of drug-likeness (QED) is 0.659. The van der Waals surface area contributed by atoms with E-state index in [9.17, 15) is 4.79 Å². The first-order valence-corrected chi connectivity index (χ1v) is 4.75. The molecule has 1 aromatic heterocycles. The van der Waals surface area contributed by atoms with Crippen LogP contribution in [0.25, 0.3) is 0 Å². The maximum atomic E-state index is 11.5. The molecular formula is C9H14N4O. The van der Waals surface area contributed by atoms with Gasteiger partial charge in [0.05, 0.1) is 11.9 Å². The minimum atomic E-state index is -0.256. The summed E-state index contributed by atoms with van der Waals surface area (Å²) in [7, 11) is 0. The van der Waals surface area contributed by atoms with Gasteiger partial charge in [-0.15, -0.1) is 0 Å². The van der Waals surface area contributed by atoms with Crippen molar-refractivity contribution in [2.75, 3.05) is 5.32 Å². The summed E-state index contributed by atoms with van der Waals surface area (Å²) in [5.74, 6) is -0.0337. The minimum Gasteiger partial charge on any atom is -0.325 e. The first-order chi connectivity index (χ1) is 6.68. The second-order valence-electron chi connectivity index (χ2n) is 3.93. The summed E-state index contributed by atoms with van der Waals surface area (Å²) in [5.41, 5.74) is 6.38. The molecule has 4 N–H and O–H groups in total. The molecule has 5 nitrogen and oxygen atoms in total. The minimum absolute atomic E-state index is 0.0337. The number of hydrogen-bond donors (Lipinski definition) is 3. The third-order valence-electron chi connectivity index (χ3n) is 2.64. The van der Waals surface area contributed by atoms with Crippen molar-refractivity contribution in [1.82, 2.24) is 10.2 Å². The fourth-order valence-electron chi connectivity index (χ4n) is 1.65. The predicted molar refractivity (Wildman–Crippen MR) is 52.6 cm³/mol. The van der Waals surface area contributed by atoms with E-state index in [0.717, 1.165) is 19.3 Å². The zero-order chi connectivity index (χ0) is 10.0. The molecule has 2 rings (SSSR count). The molecule has 1 heterocycles. The van der Waals surface area contributed by atoms with Gasteiger partial charge < -0.3 is 11.1 Å². The van der Waals surface area contributed by atoms with Crippen LogP contribution in [0.1, 0.15) is 25.7 Å². The van der Waals surface area contributed by atoms with Crippen LogP contribution in [0.5, 0.6) is 0 Å². The number of aromatic nitrogens is 2. The fraction of sp³-hybridized carbons (Fsp3) is 0.556. The highest BCUT2D eigenvalue weighted by Gasteiger charge is 2.34. The van der Waals surface area contributed by atoms with Crippen molar-refractivity contribution < 1.29 is 4.79 Å². The average Bonchev–Trinajstić information content (AvgIpc) is 2.53. The third-order valence-corrected chi connectivity index (χ3v) is 2.64. The van der Waals surface area contributed by atoms with E-state index in [1.165, 1.54) is 0 Å². The van der Waals surface area contributed by atoms with E-state index in [1.807, 2.05) is 0 Å². The summed E-state index contributed by atoms with van der Waals surface area (Å²) >= 11 is 0. The Balaban J connectivity index is 1.84. The van der Waals surface area contributed by atoms with Crippen LogP contribution in [-0.4, -0.2) is 21.6 Å². The van der Waals surface area contributed by atoms with E-state index in [0.29, 0.717) is 12.1 Å². The molecule has 0 atom stereocenters. The largest absolute Gasteiger partial charge is 0.325 e. The highest BCUT2D eigenvalue weighted by atomic mass is 16.1. The van der Waals surface area contributed by atoms with Crippen molar-refractivity contribution in [2.24, 2.45) is 5.73 Å². The van der Waals surface area contributed by atoms with Crippen LogP contribution in [0, 0.1) is 0 Å². The molecule has 1 amide bonds. The molecule has 1 aliphatic carbocycles. The molecule has 0 aromatic carbocycles. The molecule has 0 aliphatic heterocycles. The Kier molecular flexibility index (Phi) is 2.25. The number of H-pyrrole nitrogens is 1.